The maximum absolute atomic E-state index is 12.3. The van der Waals surface area contributed by atoms with Crippen LogP contribution in [-0.2, 0) is 17.9 Å². The molecule has 2 aromatic carbocycles. The Hall–Kier alpha value is -2.92. The van der Waals surface area contributed by atoms with Gasteiger partial charge in [-0.2, -0.15) is 0 Å². The van der Waals surface area contributed by atoms with Gasteiger partial charge in [0.05, 0.1) is 6.33 Å². The molecular weight excluding hydrogens is 360 g/mol. The van der Waals surface area contributed by atoms with Crippen molar-refractivity contribution in [2.24, 2.45) is 5.92 Å². The Labute approximate surface area is 172 Å². The largest absolute Gasteiger partial charge is 0.352 e. The van der Waals surface area contributed by atoms with Gasteiger partial charge >= 0.3 is 0 Å². The first-order chi connectivity index (χ1) is 14.3. The number of hydrogen-bond acceptors (Lipinski definition) is 3. The molecule has 1 aliphatic heterocycles. The minimum absolute atomic E-state index is 0.141. The van der Waals surface area contributed by atoms with Crippen LogP contribution in [0.4, 0.5) is 0 Å². The molecule has 0 aliphatic carbocycles. The van der Waals surface area contributed by atoms with E-state index >= 15 is 0 Å². The molecule has 150 valence electrons. The number of rotatable bonds is 8. The van der Waals surface area contributed by atoms with Gasteiger partial charge in [0.25, 0.3) is 0 Å². The van der Waals surface area contributed by atoms with E-state index in [2.05, 4.69) is 56.6 Å². The van der Waals surface area contributed by atoms with E-state index in [4.69, 9.17) is 0 Å². The number of benzene rings is 2. The lowest BCUT2D eigenvalue weighted by atomic mass is 9.98. The summed E-state index contributed by atoms with van der Waals surface area (Å²) in [5.41, 5.74) is 4.72. The van der Waals surface area contributed by atoms with Crippen LogP contribution in [0.15, 0.2) is 67.3 Å². The number of nitrogens with one attached hydrogen (secondary N) is 2. The zero-order valence-corrected chi connectivity index (χ0v) is 16.7. The molecule has 1 aliphatic rings. The molecule has 0 bridgehead atoms. The van der Waals surface area contributed by atoms with Crippen molar-refractivity contribution in [1.82, 2.24) is 20.2 Å². The van der Waals surface area contributed by atoms with Crippen LogP contribution in [0, 0.1) is 5.92 Å². The molecule has 1 saturated heterocycles. The zero-order valence-electron chi connectivity index (χ0n) is 16.7. The normalized spacial score (nSPS) is 16.1. The highest BCUT2D eigenvalue weighted by molar-refractivity contribution is 5.76. The summed E-state index contributed by atoms with van der Waals surface area (Å²) < 4.78 is 2.06. The van der Waals surface area contributed by atoms with Gasteiger partial charge < -0.3 is 15.2 Å². The molecule has 5 heteroatoms. The molecule has 0 radical (unpaired) electrons. The third kappa shape index (κ3) is 5.33. The van der Waals surface area contributed by atoms with Gasteiger partial charge in [0.1, 0.15) is 0 Å². The number of carbonyl (C=O) groups is 1. The number of hydrogen-bond donors (Lipinski definition) is 2. The topological polar surface area (TPSA) is 59.0 Å². The van der Waals surface area contributed by atoms with Crippen molar-refractivity contribution in [3.63, 3.8) is 0 Å². The van der Waals surface area contributed by atoms with Gasteiger partial charge in [-0.3, -0.25) is 4.79 Å². The average molecular weight is 389 g/mol. The van der Waals surface area contributed by atoms with Crippen LogP contribution in [0.3, 0.4) is 0 Å². The predicted molar refractivity (Wildman–Crippen MR) is 115 cm³/mol. The van der Waals surface area contributed by atoms with Crippen LogP contribution in [0.2, 0.25) is 0 Å². The number of aromatic nitrogens is 2. The van der Waals surface area contributed by atoms with Crippen molar-refractivity contribution >= 4 is 5.91 Å². The minimum Gasteiger partial charge on any atom is -0.352 e. The first kappa shape index (κ1) is 19.4. The van der Waals surface area contributed by atoms with E-state index in [1.54, 1.807) is 6.20 Å². The van der Waals surface area contributed by atoms with Gasteiger partial charge in [-0.05, 0) is 54.1 Å². The first-order valence-electron chi connectivity index (χ1n) is 10.4. The molecule has 2 N–H and O–H groups in total. The monoisotopic (exact) mass is 388 g/mol. The second-order valence-electron chi connectivity index (χ2n) is 7.76. The van der Waals surface area contributed by atoms with Gasteiger partial charge in [-0.25, -0.2) is 4.98 Å². The molecule has 1 amide bonds. The number of imidazole rings is 1. The van der Waals surface area contributed by atoms with Crippen molar-refractivity contribution in [3.8, 4) is 11.1 Å². The standard InChI is InChI=1S/C24H28N4O/c29-24(10-7-19-11-12-25-15-19)27-16-22-3-1-2-4-23(22)21-8-5-20(6-9-21)17-28-14-13-26-18-28/h1-6,8-9,13-14,18-19,25H,7,10-12,15-17H2,(H,27,29). The Morgan fingerprint density at radius 3 is 2.79 bits per heavy atom. The molecule has 4 rings (SSSR count). The quantitative estimate of drug-likeness (QED) is 0.620. The maximum Gasteiger partial charge on any atom is 0.220 e. The Kier molecular flexibility index (Phi) is 6.37. The van der Waals surface area contributed by atoms with Gasteiger partial charge in [0.2, 0.25) is 5.91 Å². The highest BCUT2D eigenvalue weighted by Crippen LogP contribution is 2.24. The molecule has 1 fully saturated rings. The Balaban J connectivity index is 1.36. The second-order valence-corrected chi connectivity index (χ2v) is 7.76. The fourth-order valence-corrected chi connectivity index (χ4v) is 3.92. The van der Waals surface area contributed by atoms with E-state index in [0.29, 0.717) is 18.9 Å². The molecule has 29 heavy (non-hydrogen) atoms. The maximum atomic E-state index is 12.3. The number of nitrogens with zero attached hydrogens (tertiary/aromatic N) is 2. The van der Waals surface area contributed by atoms with E-state index in [1.165, 1.54) is 23.1 Å². The molecule has 3 aromatic rings. The molecule has 5 nitrogen and oxygen atoms in total. The summed E-state index contributed by atoms with van der Waals surface area (Å²) in [5.74, 6) is 0.788. The lowest BCUT2D eigenvalue weighted by Crippen LogP contribution is -2.23. The van der Waals surface area contributed by atoms with Crippen LogP contribution in [0.5, 0.6) is 0 Å². The molecule has 0 saturated carbocycles. The fraction of sp³-hybridized carbons (Fsp3) is 0.333. The first-order valence-corrected chi connectivity index (χ1v) is 10.4. The third-order valence-corrected chi connectivity index (χ3v) is 5.62. The Bertz CT molecular complexity index is 912. The van der Waals surface area contributed by atoms with Crippen LogP contribution in [0.1, 0.15) is 30.4 Å². The summed E-state index contributed by atoms with van der Waals surface area (Å²) in [4.78, 5) is 16.4. The van der Waals surface area contributed by atoms with E-state index < -0.39 is 0 Å². The number of amides is 1. The predicted octanol–water partition coefficient (Wildman–Crippen LogP) is 3.60. The molecule has 2 heterocycles. The van der Waals surface area contributed by atoms with Crippen molar-refractivity contribution in [1.29, 1.82) is 0 Å². The van der Waals surface area contributed by atoms with Crippen LogP contribution in [0.25, 0.3) is 11.1 Å². The lowest BCUT2D eigenvalue weighted by Gasteiger charge is -2.13. The molecule has 0 spiro atoms. The van der Waals surface area contributed by atoms with Crippen LogP contribution < -0.4 is 10.6 Å². The molecule has 1 atom stereocenters. The van der Waals surface area contributed by atoms with Crippen molar-refractivity contribution in [2.45, 2.75) is 32.4 Å². The van der Waals surface area contributed by atoms with Crippen LogP contribution in [-0.4, -0.2) is 28.5 Å². The molecular formula is C24H28N4O. The summed E-state index contributed by atoms with van der Waals surface area (Å²) in [5, 5.41) is 6.46. The summed E-state index contributed by atoms with van der Waals surface area (Å²) in [6, 6.07) is 16.9. The van der Waals surface area contributed by atoms with Gasteiger partial charge in [0.15, 0.2) is 0 Å². The van der Waals surface area contributed by atoms with Gasteiger partial charge in [-0.15, -0.1) is 0 Å². The van der Waals surface area contributed by atoms with Gasteiger partial charge in [-0.1, -0.05) is 48.5 Å². The second kappa shape index (κ2) is 9.52. The Morgan fingerprint density at radius 1 is 1.17 bits per heavy atom. The summed E-state index contributed by atoms with van der Waals surface area (Å²) in [6.07, 6.45) is 8.36. The summed E-state index contributed by atoms with van der Waals surface area (Å²) >= 11 is 0. The van der Waals surface area contributed by atoms with Crippen molar-refractivity contribution in [3.05, 3.63) is 78.4 Å². The van der Waals surface area contributed by atoms with E-state index in [9.17, 15) is 4.79 Å². The van der Waals surface area contributed by atoms with E-state index in [0.717, 1.165) is 31.6 Å². The van der Waals surface area contributed by atoms with Crippen molar-refractivity contribution in [2.75, 3.05) is 13.1 Å². The van der Waals surface area contributed by atoms with Crippen molar-refractivity contribution < 1.29 is 4.79 Å². The Morgan fingerprint density at radius 2 is 2.03 bits per heavy atom. The summed E-state index contributed by atoms with van der Waals surface area (Å²) in [6.45, 7) is 3.51. The molecule has 1 aromatic heterocycles. The zero-order chi connectivity index (χ0) is 19.9. The van der Waals surface area contributed by atoms with Gasteiger partial charge in [0, 0.05) is 31.9 Å². The fourth-order valence-electron chi connectivity index (χ4n) is 3.92. The number of carbonyl (C=O) groups excluding carboxylic acids is 1. The highest BCUT2D eigenvalue weighted by atomic mass is 16.1. The average Bonchev–Trinajstić information content (AvgIpc) is 3.46. The lowest BCUT2D eigenvalue weighted by molar-refractivity contribution is -0.121. The molecule has 1 unspecified atom stereocenters. The van der Waals surface area contributed by atoms with Crippen LogP contribution >= 0.6 is 0 Å². The highest BCUT2D eigenvalue weighted by Gasteiger charge is 2.15. The SMILES string of the molecule is O=C(CCC1CCNC1)NCc1ccccc1-c1ccc(Cn2ccnc2)cc1. The van der Waals surface area contributed by atoms with E-state index in [1.807, 2.05) is 24.7 Å². The third-order valence-electron chi connectivity index (χ3n) is 5.62. The summed E-state index contributed by atoms with van der Waals surface area (Å²) in [7, 11) is 0. The van der Waals surface area contributed by atoms with E-state index in [-0.39, 0.29) is 5.91 Å². The minimum atomic E-state index is 0.141. The smallest absolute Gasteiger partial charge is 0.220 e.